The Morgan fingerprint density at radius 3 is 2.41 bits per heavy atom. The number of nitrogens with one attached hydrogen (secondary N) is 1. The van der Waals surface area contributed by atoms with Gasteiger partial charge in [0, 0.05) is 23.0 Å². The molecule has 0 aliphatic rings. The molecule has 0 radical (unpaired) electrons. The fraction of sp³-hybridized carbons (Fsp3) is 0.200. The monoisotopic (exact) mass is 374 g/mol. The van der Waals surface area contributed by atoms with Gasteiger partial charge < -0.3 is 10.1 Å². The minimum Gasteiger partial charge on any atom is -0.459 e. The van der Waals surface area contributed by atoms with Crippen LogP contribution in [0.5, 0.6) is 0 Å². The van der Waals surface area contributed by atoms with Crippen molar-refractivity contribution >= 4 is 28.2 Å². The first-order chi connectivity index (χ1) is 12.8. The Bertz CT molecular complexity index is 967. The minimum absolute atomic E-state index is 0.118. The molecule has 0 atom stereocenters. The van der Waals surface area contributed by atoms with Gasteiger partial charge in [-0.05, 0) is 50.2 Å². The van der Waals surface area contributed by atoms with Crippen molar-refractivity contribution in [3.63, 3.8) is 0 Å². The molecule has 0 bridgehead atoms. The van der Waals surface area contributed by atoms with Gasteiger partial charge in [-0.25, -0.2) is 4.79 Å². The van der Waals surface area contributed by atoms with E-state index in [2.05, 4.69) is 10.3 Å². The number of aromatic nitrogens is 1. The summed E-state index contributed by atoms with van der Waals surface area (Å²) in [6, 6.07) is 12.1. The van der Waals surface area contributed by atoms with E-state index in [0.29, 0.717) is 22.3 Å². The van der Waals surface area contributed by atoms with Crippen molar-refractivity contribution in [1.82, 2.24) is 4.98 Å². The standard InChI is InChI=1S/C20H17F3N2O2/c1-12(2)27-19(26)13-6-8-14(9-7-13)25-17-10-11-24-18-15(17)4-3-5-16(18)20(21,22)23/h3-12H,1-2H3,(H,24,25). The van der Waals surface area contributed by atoms with Crippen molar-refractivity contribution in [2.24, 2.45) is 0 Å². The number of pyridine rings is 1. The van der Waals surface area contributed by atoms with Crippen molar-refractivity contribution in [3.8, 4) is 0 Å². The summed E-state index contributed by atoms with van der Waals surface area (Å²) < 4.78 is 44.7. The van der Waals surface area contributed by atoms with Crippen LogP contribution in [-0.4, -0.2) is 17.1 Å². The van der Waals surface area contributed by atoms with Gasteiger partial charge in [0.2, 0.25) is 0 Å². The Balaban J connectivity index is 1.90. The lowest BCUT2D eigenvalue weighted by atomic mass is 10.1. The van der Waals surface area contributed by atoms with Crippen molar-refractivity contribution < 1.29 is 22.7 Å². The Hall–Kier alpha value is -3.09. The number of rotatable bonds is 4. The van der Waals surface area contributed by atoms with Crippen LogP contribution in [-0.2, 0) is 10.9 Å². The lowest BCUT2D eigenvalue weighted by Gasteiger charge is -2.13. The van der Waals surface area contributed by atoms with Crippen LogP contribution in [0.25, 0.3) is 10.9 Å². The first-order valence-corrected chi connectivity index (χ1v) is 8.28. The van der Waals surface area contributed by atoms with Gasteiger partial charge in [-0.2, -0.15) is 13.2 Å². The van der Waals surface area contributed by atoms with Crippen molar-refractivity contribution in [3.05, 3.63) is 65.9 Å². The summed E-state index contributed by atoms with van der Waals surface area (Å²) in [5.41, 5.74) is 0.611. The molecule has 0 aliphatic carbocycles. The summed E-state index contributed by atoms with van der Waals surface area (Å²) in [6.45, 7) is 3.52. The number of para-hydroxylation sites is 1. The molecular weight excluding hydrogens is 357 g/mol. The van der Waals surface area contributed by atoms with Crippen LogP contribution in [0.1, 0.15) is 29.8 Å². The number of halogens is 3. The second-order valence-electron chi connectivity index (χ2n) is 6.21. The zero-order valence-corrected chi connectivity index (χ0v) is 14.7. The molecule has 3 aromatic rings. The number of hydrogen-bond acceptors (Lipinski definition) is 4. The molecule has 0 saturated heterocycles. The van der Waals surface area contributed by atoms with Gasteiger partial charge in [0.05, 0.1) is 22.7 Å². The highest BCUT2D eigenvalue weighted by molar-refractivity contribution is 5.95. The molecule has 140 valence electrons. The van der Waals surface area contributed by atoms with Gasteiger partial charge in [-0.3, -0.25) is 4.98 Å². The number of anilines is 2. The minimum atomic E-state index is -4.48. The molecule has 0 saturated carbocycles. The molecule has 0 amide bonds. The zero-order valence-electron chi connectivity index (χ0n) is 14.7. The Kier molecular flexibility index (Phi) is 5.03. The topological polar surface area (TPSA) is 51.2 Å². The molecule has 0 fully saturated rings. The van der Waals surface area contributed by atoms with Crippen LogP contribution in [0.2, 0.25) is 0 Å². The average Bonchev–Trinajstić information content (AvgIpc) is 2.60. The van der Waals surface area contributed by atoms with Crippen LogP contribution in [0.15, 0.2) is 54.7 Å². The summed E-state index contributed by atoms with van der Waals surface area (Å²) in [7, 11) is 0. The number of carbonyl (C=O) groups is 1. The van der Waals surface area contributed by atoms with E-state index in [0.717, 1.165) is 6.07 Å². The summed E-state index contributed by atoms with van der Waals surface area (Å²) >= 11 is 0. The number of ether oxygens (including phenoxy) is 1. The molecule has 1 aromatic heterocycles. The van der Waals surface area contributed by atoms with Gasteiger partial charge in [0.1, 0.15) is 0 Å². The third-order valence-electron chi connectivity index (χ3n) is 3.82. The number of hydrogen-bond donors (Lipinski definition) is 1. The van der Waals surface area contributed by atoms with E-state index in [-0.39, 0.29) is 11.6 Å². The SMILES string of the molecule is CC(C)OC(=O)c1ccc(Nc2ccnc3c(C(F)(F)F)cccc23)cc1. The van der Waals surface area contributed by atoms with Crippen LogP contribution < -0.4 is 5.32 Å². The molecule has 0 spiro atoms. The molecule has 27 heavy (non-hydrogen) atoms. The van der Waals surface area contributed by atoms with E-state index in [4.69, 9.17) is 4.74 Å². The van der Waals surface area contributed by atoms with E-state index < -0.39 is 17.7 Å². The smallest absolute Gasteiger partial charge is 0.418 e. The maximum atomic E-state index is 13.2. The summed E-state index contributed by atoms with van der Waals surface area (Å²) in [5, 5.41) is 3.43. The van der Waals surface area contributed by atoms with Crippen molar-refractivity contribution in [2.75, 3.05) is 5.32 Å². The van der Waals surface area contributed by atoms with Crippen LogP contribution in [0.3, 0.4) is 0 Å². The first-order valence-electron chi connectivity index (χ1n) is 8.28. The van der Waals surface area contributed by atoms with Crippen LogP contribution >= 0.6 is 0 Å². The normalized spacial score (nSPS) is 11.6. The number of nitrogens with zero attached hydrogens (tertiary/aromatic N) is 1. The largest absolute Gasteiger partial charge is 0.459 e. The summed E-state index contributed by atoms with van der Waals surface area (Å²) in [6.07, 6.45) is -3.38. The second kappa shape index (κ2) is 7.26. The van der Waals surface area contributed by atoms with Gasteiger partial charge in [-0.1, -0.05) is 12.1 Å². The zero-order chi connectivity index (χ0) is 19.6. The molecule has 1 heterocycles. The molecular formula is C20H17F3N2O2. The van der Waals surface area contributed by atoms with Crippen LogP contribution in [0, 0.1) is 0 Å². The van der Waals surface area contributed by atoms with E-state index in [1.807, 2.05) is 0 Å². The van der Waals surface area contributed by atoms with E-state index in [1.165, 1.54) is 12.3 Å². The highest BCUT2D eigenvalue weighted by Gasteiger charge is 2.33. The van der Waals surface area contributed by atoms with Gasteiger partial charge >= 0.3 is 12.1 Å². The molecule has 7 heteroatoms. The number of esters is 1. The fourth-order valence-corrected chi connectivity index (χ4v) is 2.64. The Morgan fingerprint density at radius 2 is 1.78 bits per heavy atom. The molecule has 4 nitrogen and oxygen atoms in total. The third kappa shape index (κ3) is 4.19. The first kappa shape index (κ1) is 18.7. The van der Waals surface area contributed by atoms with Crippen LogP contribution in [0.4, 0.5) is 24.5 Å². The average molecular weight is 374 g/mol. The lowest BCUT2D eigenvalue weighted by molar-refractivity contribution is -0.136. The number of benzene rings is 2. The highest BCUT2D eigenvalue weighted by atomic mass is 19.4. The van der Waals surface area contributed by atoms with E-state index in [1.54, 1.807) is 50.2 Å². The van der Waals surface area contributed by atoms with Crippen molar-refractivity contribution in [2.45, 2.75) is 26.1 Å². The Morgan fingerprint density at radius 1 is 1.07 bits per heavy atom. The molecule has 1 N–H and O–H groups in total. The molecule has 0 aliphatic heterocycles. The van der Waals surface area contributed by atoms with Gasteiger partial charge in [0.15, 0.2) is 0 Å². The predicted molar refractivity (Wildman–Crippen MR) is 97.0 cm³/mol. The number of alkyl halides is 3. The molecule has 3 rings (SSSR count). The number of fused-ring (bicyclic) bond motifs is 1. The number of carbonyl (C=O) groups excluding carboxylic acids is 1. The second-order valence-corrected chi connectivity index (χ2v) is 6.21. The maximum absolute atomic E-state index is 13.2. The van der Waals surface area contributed by atoms with Gasteiger partial charge in [0.25, 0.3) is 0 Å². The fourth-order valence-electron chi connectivity index (χ4n) is 2.64. The third-order valence-corrected chi connectivity index (χ3v) is 3.82. The summed E-state index contributed by atoms with van der Waals surface area (Å²) in [5.74, 6) is -0.430. The molecule has 2 aromatic carbocycles. The lowest BCUT2D eigenvalue weighted by Crippen LogP contribution is -2.11. The van der Waals surface area contributed by atoms with Gasteiger partial charge in [-0.15, -0.1) is 0 Å². The molecule has 0 unspecified atom stereocenters. The van der Waals surface area contributed by atoms with E-state index >= 15 is 0 Å². The quantitative estimate of drug-likeness (QED) is 0.607. The predicted octanol–water partition coefficient (Wildman–Crippen LogP) is 5.56. The van der Waals surface area contributed by atoms with Crippen molar-refractivity contribution in [1.29, 1.82) is 0 Å². The highest BCUT2D eigenvalue weighted by Crippen LogP contribution is 2.36. The Labute approximate surface area is 154 Å². The summed E-state index contributed by atoms with van der Waals surface area (Å²) in [4.78, 5) is 15.8. The van der Waals surface area contributed by atoms with E-state index in [9.17, 15) is 18.0 Å². The maximum Gasteiger partial charge on any atom is 0.418 e.